The van der Waals surface area contributed by atoms with Crippen LogP contribution in [0.2, 0.25) is 0 Å². The molecule has 0 aromatic carbocycles. The fourth-order valence-electron chi connectivity index (χ4n) is 4.39. The third kappa shape index (κ3) is 0.980. The van der Waals surface area contributed by atoms with E-state index in [0.29, 0.717) is 12.1 Å². The highest BCUT2D eigenvalue weighted by atomic mass is 16.5. The minimum atomic E-state index is -0.0240. The summed E-state index contributed by atoms with van der Waals surface area (Å²) in [6, 6.07) is 1.02. The highest BCUT2D eigenvalue weighted by Crippen LogP contribution is 2.53. The number of piperidine rings is 2. The fraction of sp³-hybridized carbons (Fsp3) is 1.00. The summed E-state index contributed by atoms with van der Waals surface area (Å²) < 4.78 is 0. The molecule has 4 rings (SSSR count). The van der Waals surface area contributed by atoms with Gasteiger partial charge in [-0.1, -0.05) is 0 Å². The molecule has 2 aliphatic carbocycles. The molecule has 0 aromatic rings. The summed E-state index contributed by atoms with van der Waals surface area (Å²) in [5.41, 5.74) is -0.0240. The Kier molecular flexibility index (Phi) is 1.77. The maximum atomic E-state index is 12.0. The van der Waals surface area contributed by atoms with Gasteiger partial charge in [-0.05, 0) is 51.5 Å². The van der Waals surface area contributed by atoms with Gasteiger partial charge >= 0.3 is 0 Å². The van der Waals surface area contributed by atoms with E-state index >= 15 is 0 Å². The first kappa shape index (κ1) is 9.13. The Bertz CT molecular complexity index is 240. The molecule has 0 aromatic heterocycles. The number of hydroxylamine groups is 2. The van der Waals surface area contributed by atoms with Crippen molar-refractivity contribution in [2.45, 2.75) is 50.2 Å². The first-order chi connectivity index (χ1) is 6.64. The second-order valence-corrected chi connectivity index (χ2v) is 5.69. The molecular weight excluding hydrogens is 176 g/mol. The maximum Gasteiger partial charge on any atom is 0.0475 e. The van der Waals surface area contributed by atoms with E-state index in [2.05, 4.69) is 19.3 Å². The Morgan fingerprint density at radius 3 is 2.29 bits per heavy atom. The minimum absolute atomic E-state index is 0.0240. The van der Waals surface area contributed by atoms with Crippen molar-refractivity contribution in [3.8, 4) is 0 Å². The van der Waals surface area contributed by atoms with Gasteiger partial charge in [-0.3, -0.25) is 0 Å². The molecule has 14 heavy (non-hydrogen) atoms. The molecule has 2 saturated carbocycles. The number of nitrogens with one attached hydrogen (secondary N) is 1. The highest BCUT2D eigenvalue weighted by Gasteiger charge is 2.57. The van der Waals surface area contributed by atoms with Gasteiger partial charge in [-0.15, -0.1) is 10.3 Å². The van der Waals surface area contributed by atoms with Gasteiger partial charge in [0.25, 0.3) is 0 Å². The number of nitrogens with zero attached hydrogens (tertiary/aromatic N) is 1. The first-order valence-electron chi connectivity index (χ1n) is 5.78. The Morgan fingerprint density at radius 1 is 1.29 bits per heavy atom. The molecule has 79 valence electrons. The second kappa shape index (κ2) is 2.71. The molecule has 3 nitrogen and oxygen atoms in total. The van der Waals surface area contributed by atoms with Crippen molar-refractivity contribution in [2.75, 3.05) is 7.05 Å². The lowest BCUT2D eigenvalue weighted by molar-refractivity contribution is -0.311. The standard InChI is InChI=1S/C11H19N2O/c1-11-5-7-3-9(13(11)14)4-8(6-11)10(7)12-2/h7-10,12H,3-6H2,1-2H3. The minimum Gasteiger partial charge on any atom is -0.316 e. The molecule has 4 aliphatic rings. The van der Waals surface area contributed by atoms with E-state index in [9.17, 15) is 5.21 Å². The average Bonchev–Trinajstić information content (AvgIpc) is 2.12. The lowest BCUT2D eigenvalue weighted by Crippen LogP contribution is -2.68. The van der Waals surface area contributed by atoms with Crippen LogP contribution in [0.15, 0.2) is 0 Å². The van der Waals surface area contributed by atoms with E-state index in [1.807, 2.05) is 0 Å². The van der Waals surface area contributed by atoms with E-state index < -0.39 is 0 Å². The summed E-state index contributed by atoms with van der Waals surface area (Å²) >= 11 is 0. The average molecular weight is 195 g/mol. The molecule has 2 heterocycles. The van der Waals surface area contributed by atoms with Crippen LogP contribution in [-0.4, -0.2) is 29.7 Å². The summed E-state index contributed by atoms with van der Waals surface area (Å²) in [5.74, 6) is 1.51. The van der Waals surface area contributed by atoms with Crippen LogP contribution in [0.3, 0.4) is 0 Å². The van der Waals surface area contributed by atoms with Crippen LogP contribution in [0.5, 0.6) is 0 Å². The highest BCUT2D eigenvalue weighted by molar-refractivity contribution is 5.10. The van der Waals surface area contributed by atoms with E-state index in [4.69, 9.17) is 0 Å². The molecule has 0 amide bonds. The maximum absolute atomic E-state index is 12.0. The number of hydrogen-bond acceptors (Lipinski definition) is 2. The third-order valence-electron chi connectivity index (χ3n) is 4.77. The number of rotatable bonds is 1. The molecule has 2 aliphatic heterocycles. The van der Waals surface area contributed by atoms with Crippen molar-refractivity contribution < 1.29 is 5.21 Å². The first-order valence-corrected chi connectivity index (χ1v) is 5.78. The molecule has 2 unspecified atom stereocenters. The van der Waals surface area contributed by atoms with Crippen molar-refractivity contribution in [3.63, 3.8) is 0 Å². The van der Waals surface area contributed by atoms with Crippen molar-refractivity contribution in [3.05, 3.63) is 0 Å². The summed E-state index contributed by atoms with van der Waals surface area (Å²) in [4.78, 5) is 0. The predicted octanol–water partition coefficient (Wildman–Crippen LogP) is 1.18. The Morgan fingerprint density at radius 2 is 1.86 bits per heavy atom. The van der Waals surface area contributed by atoms with Gasteiger partial charge in [0.2, 0.25) is 0 Å². The zero-order valence-corrected chi connectivity index (χ0v) is 8.99. The van der Waals surface area contributed by atoms with Crippen LogP contribution >= 0.6 is 0 Å². The zero-order valence-electron chi connectivity index (χ0n) is 8.99. The fourth-order valence-corrected chi connectivity index (χ4v) is 4.39. The number of hydrogen-bond donors (Lipinski definition) is 1. The van der Waals surface area contributed by atoms with Gasteiger partial charge in [-0.2, -0.15) is 0 Å². The van der Waals surface area contributed by atoms with E-state index in [1.165, 1.54) is 5.06 Å². The lowest BCUT2D eigenvalue weighted by atomic mass is 9.57. The van der Waals surface area contributed by atoms with Crippen LogP contribution < -0.4 is 5.32 Å². The lowest BCUT2D eigenvalue weighted by Gasteiger charge is -2.61. The molecular formula is C11H19N2O. The summed E-state index contributed by atoms with van der Waals surface area (Å²) in [6.45, 7) is 2.16. The normalized spacial score (nSPS) is 56.8. The summed E-state index contributed by atoms with van der Waals surface area (Å²) in [5, 5.41) is 16.9. The van der Waals surface area contributed by atoms with Crippen molar-refractivity contribution in [1.82, 2.24) is 10.4 Å². The predicted molar refractivity (Wildman–Crippen MR) is 53.0 cm³/mol. The Hall–Kier alpha value is -0.120. The molecule has 0 spiro atoms. The van der Waals surface area contributed by atoms with E-state index in [0.717, 1.165) is 37.5 Å². The van der Waals surface area contributed by atoms with Crippen LogP contribution in [0.4, 0.5) is 0 Å². The summed E-state index contributed by atoms with van der Waals surface area (Å²) in [7, 11) is 2.07. The Labute approximate surface area is 85.4 Å². The van der Waals surface area contributed by atoms with E-state index in [1.54, 1.807) is 0 Å². The van der Waals surface area contributed by atoms with Gasteiger partial charge in [0, 0.05) is 17.6 Å². The molecule has 4 fully saturated rings. The van der Waals surface area contributed by atoms with Crippen molar-refractivity contribution in [1.29, 1.82) is 0 Å². The van der Waals surface area contributed by atoms with Crippen LogP contribution in [0.25, 0.3) is 0 Å². The zero-order chi connectivity index (χ0) is 9.92. The van der Waals surface area contributed by atoms with Gasteiger partial charge in [0.05, 0.1) is 0 Å². The van der Waals surface area contributed by atoms with Crippen LogP contribution in [-0.2, 0) is 5.21 Å². The SMILES string of the molecule is CNC1C2CC3CC1CC(C)(C2)N3[O]. The van der Waals surface area contributed by atoms with Crippen LogP contribution in [0, 0.1) is 11.8 Å². The topological polar surface area (TPSA) is 35.2 Å². The van der Waals surface area contributed by atoms with Gasteiger partial charge < -0.3 is 5.32 Å². The molecule has 2 saturated heterocycles. The smallest absolute Gasteiger partial charge is 0.0475 e. The van der Waals surface area contributed by atoms with E-state index in [-0.39, 0.29) is 5.54 Å². The molecule has 2 atom stereocenters. The second-order valence-electron chi connectivity index (χ2n) is 5.69. The van der Waals surface area contributed by atoms with Gasteiger partial charge in [-0.25, -0.2) is 0 Å². The molecule has 1 radical (unpaired) electrons. The van der Waals surface area contributed by atoms with Gasteiger partial charge in [0.1, 0.15) is 0 Å². The van der Waals surface area contributed by atoms with Crippen molar-refractivity contribution in [2.24, 2.45) is 11.8 Å². The summed E-state index contributed by atoms with van der Waals surface area (Å²) in [6.07, 6.45) is 4.46. The van der Waals surface area contributed by atoms with Crippen molar-refractivity contribution >= 4 is 0 Å². The molecule has 4 bridgehead atoms. The third-order valence-corrected chi connectivity index (χ3v) is 4.77. The molecule has 1 N–H and O–H groups in total. The quantitative estimate of drug-likeness (QED) is 0.682. The Balaban J connectivity index is 1.92. The monoisotopic (exact) mass is 195 g/mol. The van der Waals surface area contributed by atoms with Gasteiger partial charge in [0.15, 0.2) is 0 Å². The molecule has 3 heteroatoms. The van der Waals surface area contributed by atoms with Crippen LogP contribution in [0.1, 0.15) is 32.6 Å². The largest absolute Gasteiger partial charge is 0.316 e.